The highest BCUT2D eigenvalue weighted by atomic mass is 32.1. The second-order valence-electron chi connectivity index (χ2n) is 20.4. The number of β-amino-alcohol motifs (C(OH)–C–C–N with tert-alkyl or cyclic N) is 1. The number of carbonyl (C=O) groups excluding carboxylic acids is 4. The van der Waals surface area contributed by atoms with Gasteiger partial charge in [-0.3, -0.25) is 29.3 Å². The summed E-state index contributed by atoms with van der Waals surface area (Å²) in [4.78, 5) is 63.4. The zero-order valence-electron chi connectivity index (χ0n) is 42.0. The monoisotopic (exact) mass is 998 g/mol. The molecule has 0 saturated carbocycles. The molecule has 1 fully saturated rings. The maximum atomic E-state index is 14.3. The number of fused-ring (bicyclic) bond motifs is 3. The summed E-state index contributed by atoms with van der Waals surface area (Å²) in [5, 5.41) is 31.3. The first-order chi connectivity index (χ1) is 33.6. The number of aliphatic imine (C=N–C) groups is 1. The van der Waals surface area contributed by atoms with Crippen molar-refractivity contribution in [2.75, 3.05) is 13.2 Å². The smallest absolute Gasteiger partial charge is 0.409 e. The first-order valence-electron chi connectivity index (χ1n) is 23.7. The van der Waals surface area contributed by atoms with E-state index >= 15 is 0 Å². The minimum atomic E-state index is -1.01. The van der Waals surface area contributed by atoms with Crippen molar-refractivity contribution in [1.29, 1.82) is 0 Å². The van der Waals surface area contributed by atoms with Crippen LogP contribution in [0.25, 0.3) is 26.6 Å². The standard InChI is InChI=1S/C54H62N8O7S2/c1-29-24-25-70-45(29)38-18-12-34(13-19-38)31(3)55-49(65)41-26-39(63)27-61(41)50(66)46(53(6,7)8)56-42(64)28-68-40-22-20-36(21-23-40)35-14-16-37(17-15-35)44-43-30(2)32(4)71-51(43)62-33(5)59-60-48(62)47(57-44)58-52(67)69-54(9,10)11/h12-25,31,39,41,46-47,63H,26-28H2,1-11H3,(H,55,65)(H,56,64)(H,58,67)/t31-,39+,41-,46+,47?/m0/s1. The first-order valence-corrected chi connectivity index (χ1v) is 25.4. The molecule has 2 aliphatic heterocycles. The number of aliphatic hydroxyl groups is 1. The molecule has 0 bridgehead atoms. The van der Waals surface area contributed by atoms with Gasteiger partial charge in [0, 0.05) is 33.8 Å². The Morgan fingerprint density at radius 1 is 0.831 bits per heavy atom. The number of thiophene rings is 2. The molecule has 0 spiro atoms. The number of benzene rings is 3. The summed E-state index contributed by atoms with van der Waals surface area (Å²) in [6.45, 7) is 20.5. The summed E-state index contributed by atoms with van der Waals surface area (Å²) >= 11 is 3.31. The topological polar surface area (TPSA) is 189 Å². The Hall–Kier alpha value is -6.69. The second-order valence-corrected chi connectivity index (χ2v) is 22.5. The van der Waals surface area contributed by atoms with Crippen LogP contribution in [-0.2, 0) is 19.1 Å². The molecule has 71 heavy (non-hydrogen) atoms. The van der Waals surface area contributed by atoms with Gasteiger partial charge in [-0.2, -0.15) is 0 Å². The van der Waals surface area contributed by atoms with E-state index in [0.29, 0.717) is 23.1 Å². The molecular formula is C54H62N8O7S2. The van der Waals surface area contributed by atoms with Crippen LogP contribution in [0.15, 0.2) is 89.2 Å². The van der Waals surface area contributed by atoms with Crippen molar-refractivity contribution >= 4 is 52.2 Å². The number of rotatable bonds is 12. The number of carbonyl (C=O) groups is 4. The fraction of sp³-hybridized carbons (Fsp3) is 0.389. The van der Waals surface area contributed by atoms with Crippen molar-refractivity contribution in [1.82, 2.24) is 35.6 Å². The van der Waals surface area contributed by atoms with Crippen molar-refractivity contribution in [3.63, 3.8) is 0 Å². The molecule has 4 N–H and O–H groups in total. The van der Waals surface area contributed by atoms with Gasteiger partial charge in [0.15, 0.2) is 18.6 Å². The third kappa shape index (κ3) is 11.1. The summed E-state index contributed by atoms with van der Waals surface area (Å²) in [5.74, 6) is 0.279. The fourth-order valence-corrected chi connectivity index (χ4v) is 11.0. The number of aryl methyl sites for hydroxylation is 3. The van der Waals surface area contributed by atoms with Gasteiger partial charge in [-0.1, -0.05) is 81.4 Å². The molecule has 8 rings (SSSR count). The summed E-state index contributed by atoms with van der Waals surface area (Å²) in [6.07, 6.45) is -2.30. The minimum Gasteiger partial charge on any atom is -0.484 e. The SMILES string of the molecule is Cc1ccsc1-c1ccc([C@H](C)NC(=O)[C@@H]2C[C@@H](O)CN2C(=O)[C@@H](NC(=O)COc2ccc(-c3ccc(C4=NC(NC(=O)OC(C)(C)C)c5nnc(C)n5-c5sc(C)c(C)c54)cc3)cc2)C(C)(C)C)cc1. The Morgan fingerprint density at radius 2 is 1.46 bits per heavy atom. The van der Waals surface area contributed by atoms with Crippen LogP contribution in [0.1, 0.15) is 111 Å². The number of nitrogens with one attached hydrogen (secondary N) is 3. The second kappa shape index (κ2) is 20.2. The van der Waals surface area contributed by atoms with E-state index in [-0.39, 0.29) is 31.5 Å². The van der Waals surface area contributed by atoms with Crippen LogP contribution >= 0.6 is 22.7 Å². The molecule has 4 amide bonds. The maximum absolute atomic E-state index is 14.3. The van der Waals surface area contributed by atoms with Gasteiger partial charge < -0.3 is 30.1 Å². The summed E-state index contributed by atoms with van der Waals surface area (Å²) in [5.41, 5.74) is 7.18. The van der Waals surface area contributed by atoms with Gasteiger partial charge in [-0.05, 0) is 118 Å². The maximum Gasteiger partial charge on any atom is 0.409 e. The van der Waals surface area contributed by atoms with Crippen LogP contribution in [-0.4, -0.2) is 91.2 Å². The number of ether oxygens (including phenoxy) is 2. The number of amides is 4. The third-order valence-corrected chi connectivity index (χ3v) is 15.0. The molecule has 3 aromatic carbocycles. The molecule has 17 heteroatoms. The molecule has 3 aromatic heterocycles. The average Bonchev–Trinajstić information content (AvgIpc) is 4.08. The lowest BCUT2D eigenvalue weighted by molar-refractivity contribution is -0.144. The van der Waals surface area contributed by atoms with E-state index < -0.39 is 53.3 Å². The van der Waals surface area contributed by atoms with Crippen LogP contribution in [0.2, 0.25) is 0 Å². The van der Waals surface area contributed by atoms with Gasteiger partial charge in [-0.25, -0.2) is 4.79 Å². The van der Waals surface area contributed by atoms with E-state index in [4.69, 9.17) is 14.5 Å². The summed E-state index contributed by atoms with van der Waals surface area (Å²) in [6, 6.07) is 23.3. The highest BCUT2D eigenvalue weighted by Gasteiger charge is 2.45. The molecule has 1 saturated heterocycles. The predicted octanol–water partition coefficient (Wildman–Crippen LogP) is 9.08. The Labute approximate surface area is 422 Å². The van der Waals surface area contributed by atoms with Crippen LogP contribution in [0.3, 0.4) is 0 Å². The normalized spacial score (nSPS) is 17.5. The number of hydrogen-bond donors (Lipinski definition) is 4. The van der Waals surface area contributed by atoms with Crippen molar-refractivity contribution in [3.05, 3.63) is 129 Å². The summed E-state index contributed by atoms with van der Waals surface area (Å²) < 4.78 is 13.5. The van der Waals surface area contributed by atoms with Gasteiger partial charge in [-0.15, -0.1) is 32.9 Å². The van der Waals surface area contributed by atoms with Crippen molar-refractivity contribution in [2.45, 2.75) is 119 Å². The van der Waals surface area contributed by atoms with Gasteiger partial charge >= 0.3 is 6.09 Å². The molecule has 5 atom stereocenters. The van der Waals surface area contributed by atoms with E-state index in [1.807, 2.05) is 99.8 Å². The molecule has 2 aliphatic rings. The zero-order chi connectivity index (χ0) is 51.1. The molecule has 372 valence electrons. The lowest BCUT2D eigenvalue weighted by Gasteiger charge is -2.35. The molecular weight excluding hydrogens is 937 g/mol. The zero-order valence-corrected chi connectivity index (χ0v) is 43.7. The van der Waals surface area contributed by atoms with E-state index in [0.717, 1.165) is 48.8 Å². The van der Waals surface area contributed by atoms with E-state index in [1.165, 1.54) is 15.3 Å². The first kappa shape index (κ1) is 50.7. The van der Waals surface area contributed by atoms with Gasteiger partial charge in [0.1, 0.15) is 34.3 Å². The highest BCUT2D eigenvalue weighted by molar-refractivity contribution is 7.15. The predicted molar refractivity (Wildman–Crippen MR) is 277 cm³/mol. The number of likely N-dealkylation sites (tertiary alicyclic amines) is 1. The number of aliphatic hydroxyl groups excluding tert-OH is 1. The van der Waals surface area contributed by atoms with Crippen LogP contribution in [0.5, 0.6) is 5.75 Å². The van der Waals surface area contributed by atoms with E-state index in [9.17, 15) is 24.3 Å². The number of alkyl carbamates (subject to hydrolysis) is 1. The van der Waals surface area contributed by atoms with Crippen LogP contribution < -0.4 is 20.7 Å². The molecule has 0 radical (unpaired) electrons. The average molecular weight is 999 g/mol. The number of aromatic nitrogens is 3. The number of hydrogen-bond acceptors (Lipinski definition) is 12. The Kier molecular flexibility index (Phi) is 14.4. The van der Waals surface area contributed by atoms with Gasteiger partial charge in [0.2, 0.25) is 11.8 Å². The van der Waals surface area contributed by atoms with Crippen molar-refractivity contribution in [2.24, 2.45) is 10.4 Å². The molecule has 1 unspecified atom stereocenters. The van der Waals surface area contributed by atoms with Crippen molar-refractivity contribution < 1.29 is 33.8 Å². The van der Waals surface area contributed by atoms with Crippen LogP contribution in [0, 0.1) is 33.1 Å². The van der Waals surface area contributed by atoms with E-state index in [1.54, 1.807) is 55.6 Å². The Balaban J connectivity index is 0.911. The highest BCUT2D eigenvalue weighted by Crippen LogP contribution is 2.39. The van der Waals surface area contributed by atoms with Crippen LogP contribution in [0.4, 0.5) is 4.79 Å². The lowest BCUT2D eigenvalue weighted by Crippen LogP contribution is -2.58. The Bertz CT molecular complexity index is 2980. The fourth-order valence-electron chi connectivity index (χ4n) is 8.86. The summed E-state index contributed by atoms with van der Waals surface area (Å²) in [7, 11) is 0. The lowest BCUT2D eigenvalue weighted by atomic mass is 9.85. The van der Waals surface area contributed by atoms with Gasteiger partial charge in [0.05, 0.1) is 17.9 Å². The Morgan fingerprint density at radius 3 is 2.08 bits per heavy atom. The quantitative estimate of drug-likeness (QED) is 0.0927. The molecule has 15 nitrogen and oxygen atoms in total. The van der Waals surface area contributed by atoms with Crippen molar-refractivity contribution in [3.8, 4) is 32.3 Å². The minimum absolute atomic E-state index is 0.0318. The van der Waals surface area contributed by atoms with Gasteiger partial charge in [0.25, 0.3) is 5.91 Å². The molecule has 5 heterocycles. The largest absolute Gasteiger partial charge is 0.484 e. The number of nitrogens with zero attached hydrogens (tertiary/aromatic N) is 5. The van der Waals surface area contributed by atoms with E-state index in [2.05, 4.69) is 58.4 Å². The molecule has 0 aliphatic carbocycles. The molecule has 6 aromatic rings. The third-order valence-electron chi connectivity index (χ3n) is 12.7.